The quantitative estimate of drug-likeness (QED) is 0.464. The van der Waals surface area contributed by atoms with Crippen molar-refractivity contribution in [3.63, 3.8) is 0 Å². The average Bonchev–Trinajstić information content (AvgIpc) is 2.74. The SMILES string of the molecule is Nc1nc(Nc2ccc(F)cc2)nc(N(Cc2ccnc(F)c2)c2ccccc2)n1. The zero-order valence-corrected chi connectivity index (χ0v) is 15.7. The second kappa shape index (κ2) is 8.48. The Kier molecular flexibility index (Phi) is 5.42. The highest BCUT2D eigenvalue weighted by Crippen LogP contribution is 2.26. The molecule has 2 heterocycles. The van der Waals surface area contributed by atoms with Gasteiger partial charge in [0.25, 0.3) is 0 Å². The highest BCUT2D eigenvalue weighted by molar-refractivity contribution is 5.61. The Morgan fingerprint density at radius 2 is 1.67 bits per heavy atom. The molecule has 3 N–H and O–H groups in total. The zero-order chi connectivity index (χ0) is 20.9. The van der Waals surface area contributed by atoms with E-state index in [1.165, 1.54) is 24.4 Å². The Balaban J connectivity index is 1.70. The summed E-state index contributed by atoms with van der Waals surface area (Å²) in [5.41, 5.74) is 7.97. The molecule has 150 valence electrons. The Hall–Kier alpha value is -4.14. The number of nitrogens with zero attached hydrogens (tertiary/aromatic N) is 5. The summed E-state index contributed by atoms with van der Waals surface area (Å²) in [6.45, 7) is 0.281. The first kappa shape index (κ1) is 19.2. The lowest BCUT2D eigenvalue weighted by molar-refractivity contribution is 0.581. The molecule has 0 atom stereocenters. The molecule has 9 heteroatoms. The van der Waals surface area contributed by atoms with E-state index in [-0.39, 0.29) is 30.2 Å². The van der Waals surface area contributed by atoms with E-state index in [2.05, 4.69) is 25.3 Å². The van der Waals surface area contributed by atoms with Gasteiger partial charge in [-0.1, -0.05) is 18.2 Å². The lowest BCUT2D eigenvalue weighted by Gasteiger charge is -2.23. The van der Waals surface area contributed by atoms with Crippen molar-refractivity contribution in [1.29, 1.82) is 0 Å². The lowest BCUT2D eigenvalue weighted by atomic mass is 10.2. The Morgan fingerprint density at radius 3 is 2.40 bits per heavy atom. The third-order valence-corrected chi connectivity index (χ3v) is 4.18. The fraction of sp³-hybridized carbons (Fsp3) is 0.0476. The summed E-state index contributed by atoms with van der Waals surface area (Å²) < 4.78 is 26.7. The first-order valence-electron chi connectivity index (χ1n) is 9.04. The number of nitrogen functional groups attached to an aromatic ring is 1. The number of benzene rings is 2. The number of aromatic nitrogens is 4. The maximum absolute atomic E-state index is 13.6. The standard InChI is InChI=1S/C21H17F2N7/c22-15-6-8-16(9-7-15)26-20-27-19(24)28-21(29-20)30(17-4-2-1-3-5-17)13-14-10-11-25-18(23)12-14/h1-12H,13H2,(H3,24,26,27,28,29). The summed E-state index contributed by atoms with van der Waals surface area (Å²) in [5.74, 6) is -0.446. The molecular weight excluding hydrogens is 388 g/mol. The van der Waals surface area contributed by atoms with E-state index >= 15 is 0 Å². The van der Waals surface area contributed by atoms with Gasteiger partial charge in [-0.25, -0.2) is 9.37 Å². The molecule has 2 aromatic heterocycles. The van der Waals surface area contributed by atoms with E-state index in [0.29, 0.717) is 11.3 Å². The third kappa shape index (κ3) is 4.64. The Labute approximate surface area is 171 Å². The molecule has 0 radical (unpaired) electrons. The molecule has 30 heavy (non-hydrogen) atoms. The second-order valence-corrected chi connectivity index (χ2v) is 6.36. The first-order chi connectivity index (χ1) is 14.6. The number of anilines is 5. The molecule has 0 aliphatic carbocycles. The van der Waals surface area contributed by atoms with Gasteiger partial charge in [-0.05, 0) is 54.1 Å². The zero-order valence-electron chi connectivity index (χ0n) is 15.7. The molecular formula is C21H17F2N7. The largest absolute Gasteiger partial charge is 0.368 e. The number of hydrogen-bond donors (Lipinski definition) is 2. The van der Waals surface area contributed by atoms with Crippen LogP contribution in [0, 0.1) is 11.8 Å². The lowest BCUT2D eigenvalue weighted by Crippen LogP contribution is -2.21. The summed E-state index contributed by atoms with van der Waals surface area (Å²) >= 11 is 0. The predicted octanol–water partition coefficient (Wildman–Crippen LogP) is 4.21. The molecule has 0 spiro atoms. The van der Waals surface area contributed by atoms with Gasteiger partial charge in [0.05, 0.1) is 6.54 Å². The fourth-order valence-corrected chi connectivity index (χ4v) is 2.83. The van der Waals surface area contributed by atoms with Gasteiger partial charge in [0.2, 0.25) is 23.8 Å². The van der Waals surface area contributed by atoms with E-state index in [0.717, 1.165) is 5.69 Å². The van der Waals surface area contributed by atoms with Crippen LogP contribution in [0.4, 0.5) is 38.0 Å². The van der Waals surface area contributed by atoms with E-state index in [1.54, 1.807) is 23.1 Å². The topological polar surface area (TPSA) is 92.8 Å². The number of rotatable bonds is 6. The minimum absolute atomic E-state index is 0.00597. The minimum atomic E-state index is -0.575. The van der Waals surface area contributed by atoms with Crippen LogP contribution in [-0.2, 0) is 6.54 Å². The predicted molar refractivity (Wildman–Crippen MR) is 110 cm³/mol. The molecule has 0 saturated heterocycles. The Morgan fingerprint density at radius 1 is 0.900 bits per heavy atom. The number of nitrogens with one attached hydrogen (secondary N) is 1. The van der Waals surface area contributed by atoms with Crippen LogP contribution in [0.5, 0.6) is 0 Å². The van der Waals surface area contributed by atoms with Crippen LogP contribution in [0.3, 0.4) is 0 Å². The molecule has 0 aliphatic heterocycles. The molecule has 0 aliphatic rings. The van der Waals surface area contributed by atoms with Gasteiger partial charge in [-0.3, -0.25) is 0 Å². The third-order valence-electron chi connectivity index (χ3n) is 4.18. The smallest absolute Gasteiger partial charge is 0.236 e. The number of para-hydroxylation sites is 1. The van der Waals surface area contributed by atoms with Crippen molar-refractivity contribution in [1.82, 2.24) is 19.9 Å². The van der Waals surface area contributed by atoms with Crippen LogP contribution >= 0.6 is 0 Å². The van der Waals surface area contributed by atoms with E-state index in [1.807, 2.05) is 30.3 Å². The first-order valence-corrected chi connectivity index (χ1v) is 9.04. The minimum Gasteiger partial charge on any atom is -0.368 e. The highest BCUT2D eigenvalue weighted by atomic mass is 19.1. The molecule has 0 amide bonds. The van der Waals surface area contributed by atoms with Gasteiger partial charge in [-0.2, -0.15) is 19.3 Å². The maximum atomic E-state index is 13.6. The van der Waals surface area contributed by atoms with Crippen LogP contribution in [0.25, 0.3) is 0 Å². The van der Waals surface area contributed by atoms with Gasteiger partial charge < -0.3 is 16.0 Å². The van der Waals surface area contributed by atoms with Gasteiger partial charge >= 0.3 is 0 Å². The van der Waals surface area contributed by atoms with Crippen LogP contribution in [0.1, 0.15) is 5.56 Å². The van der Waals surface area contributed by atoms with Crippen molar-refractivity contribution in [3.8, 4) is 0 Å². The summed E-state index contributed by atoms with van der Waals surface area (Å²) in [6, 6.07) is 18.2. The molecule has 4 aromatic rings. The highest BCUT2D eigenvalue weighted by Gasteiger charge is 2.16. The normalized spacial score (nSPS) is 10.6. The maximum Gasteiger partial charge on any atom is 0.236 e. The van der Waals surface area contributed by atoms with Crippen LogP contribution in [0.15, 0.2) is 72.9 Å². The number of pyridine rings is 1. The van der Waals surface area contributed by atoms with Crippen molar-refractivity contribution in [2.75, 3.05) is 16.0 Å². The summed E-state index contributed by atoms with van der Waals surface area (Å²) in [7, 11) is 0. The average molecular weight is 405 g/mol. The van der Waals surface area contributed by atoms with Crippen molar-refractivity contribution in [3.05, 3.63) is 90.3 Å². The summed E-state index contributed by atoms with van der Waals surface area (Å²) in [4.78, 5) is 18.2. The second-order valence-electron chi connectivity index (χ2n) is 6.36. The Bertz CT molecular complexity index is 1140. The molecule has 7 nitrogen and oxygen atoms in total. The van der Waals surface area contributed by atoms with Crippen molar-refractivity contribution < 1.29 is 8.78 Å². The van der Waals surface area contributed by atoms with E-state index in [4.69, 9.17) is 5.73 Å². The van der Waals surface area contributed by atoms with Crippen molar-refractivity contribution in [2.24, 2.45) is 0 Å². The molecule has 4 rings (SSSR count). The van der Waals surface area contributed by atoms with Crippen LogP contribution in [-0.4, -0.2) is 19.9 Å². The van der Waals surface area contributed by atoms with Gasteiger partial charge in [-0.15, -0.1) is 0 Å². The number of nitrogens with two attached hydrogens (primary N) is 1. The van der Waals surface area contributed by atoms with Crippen molar-refractivity contribution >= 4 is 29.2 Å². The van der Waals surface area contributed by atoms with Crippen LogP contribution in [0.2, 0.25) is 0 Å². The monoisotopic (exact) mass is 405 g/mol. The summed E-state index contributed by atoms with van der Waals surface area (Å²) in [5, 5.41) is 2.99. The molecule has 0 fully saturated rings. The molecule has 0 saturated carbocycles. The molecule has 0 unspecified atom stereocenters. The van der Waals surface area contributed by atoms with Crippen molar-refractivity contribution in [2.45, 2.75) is 6.54 Å². The van der Waals surface area contributed by atoms with Gasteiger partial charge in [0.1, 0.15) is 5.82 Å². The number of hydrogen-bond acceptors (Lipinski definition) is 7. The van der Waals surface area contributed by atoms with Gasteiger partial charge in [0, 0.05) is 17.6 Å². The molecule has 0 bridgehead atoms. The van der Waals surface area contributed by atoms with Crippen LogP contribution < -0.4 is 16.0 Å². The molecule has 2 aromatic carbocycles. The number of halogens is 2. The van der Waals surface area contributed by atoms with Gasteiger partial charge in [0.15, 0.2) is 0 Å². The fourth-order valence-electron chi connectivity index (χ4n) is 2.83. The van der Waals surface area contributed by atoms with E-state index in [9.17, 15) is 8.78 Å². The van der Waals surface area contributed by atoms with E-state index < -0.39 is 5.95 Å². The summed E-state index contributed by atoms with van der Waals surface area (Å²) in [6.07, 6.45) is 1.40.